The Balaban J connectivity index is 0.946. The number of hydrogen-bond acceptors (Lipinski definition) is 7. The monoisotopic (exact) mass is 627 g/mol. The smallest absolute Gasteiger partial charge is 0.438 e. The van der Waals surface area contributed by atoms with E-state index in [4.69, 9.17) is 23.7 Å². The highest BCUT2D eigenvalue weighted by Gasteiger charge is 2.81. The van der Waals surface area contributed by atoms with Crippen molar-refractivity contribution in [3.05, 3.63) is 0 Å². The molecule has 45 heavy (non-hydrogen) atoms. The molecule has 0 bridgehead atoms. The zero-order valence-corrected chi connectivity index (χ0v) is 28.4. The third-order valence-corrected chi connectivity index (χ3v) is 15.3. The number of rotatable bonds is 6. The molecule has 0 aromatic carbocycles. The van der Waals surface area contributed by atoms with Gasteiger partial charge in [-0.25, -0.2) is 4.79 Å². The Bertz CT molecular complexity index is 1190. The Kier molecular flexibility index (Phi) is 7.43. The van der Waals surface area contributed by atoms with Crippen LogP contribution in [-0.4, -0.2) is 75.0 Å². The Morgan fingerprint density at radius 3 is 2.56 bits per heavy atom. The number of amides is 1. The van der Waals surface area contributed by atoms with Crippen molar-refractivity contribution in [2.75, 3.05) is 33.4 Å². The van der Waals surface area contributed by atoms with Gasteiger partial charge in [0.1, 0.15) is 6.61 Å². The molecule has 2 saturated heterocycles. The predicted molar refractivity (Wildman–Crippen MR) is 167 cm³/mol. The van der Waals surface area contributed by atoms with E-state index < -0.39 is 6.16 Å². The minimum Gasteiger partial charge on any atom is -0.438 e. The van der Waals surface area contributed by atoms with Crippen molar-refractivity contribution in [2.24, 2.45) is 57.2 Å². The minimum atomic E-state index is -0.617. The maximum Gasteiger partial charge on any atom is 0.508 e. The molecule has 8 fully saturated rings. The summed E-state index contributed by atoms with van der Waals surface area (Å²) < 4.78 is 29.7. The number of nitrogens with zero attached hydrogens (tertiary/aromatic N) is 1. The maximum absolute atomic E-state index is 12.9. The van der Waals surface area contributed by atoms with Gasteiger partial charge in [0, 0.05) is 13.0 Å². The van der Waals surface area contributed by atoms with Crippen molar-refractivity contribution < 1.29 is 33.3 Å². The van der Waals surface area contributed by atoms with Crippen LogP contribution in [0, 0.1) is 57.2 Å². The van der Waals surface area contributed by atoms with E-state index in [1.165, 1.54) is 58.5 Å². The summed E-state index contributed by atoms with van der Waals surface area (Å²) in [5.74, 6) is 4.25. The molecular weight excluding hydrogens is 570 g/mol. The molecule has 252 valence electrons. The van der Waals surface area contributed by atoms with E-state index in [1.807, 2.05) is 4.90 Å². The lowest BCUT2D eigenvalue weighted by Gasteiger charge is -2.60. The zero-order chi connectivity index (χ0) is 31.4. The molecule has 8 nitrogen and oxygen atoms in total. The Labute approximate surface area is 269 Å². The molecule has 8 heteroatoms. The number of hydrogen-bond donors (Lipinski definition) is 0. The molecule has 6 aliphatic carbocycles. The van der Waals surface area contributed by atoms with Gasteiger partial charge in [0.2, 0.25) is 5.91 Å². The number of ether oxygens (including phenoxy) is 5. The summed E-state index contributed by atoms with van der Waals surface area (Å²) in [5.41, 5.74) is 1.37. The van der Waals surface area contributed by atoms with Crippen LogP contribution in [0.25, 0.3) is 0 Å². The van der Waals surface area contributed by atoms with E-state index in [9.17, 15) is 9.59 Å². The summed E-state index contributed by atoms with van der Waals surface area (Å²) in [6.45, 7) is 12.1. The van der Waals surface area contributed by atoms with Gasteiger partial charge < -0.3 is 28.6 Å². The highest BCUT2D eigenvalue weighted by molar-refractivity contribution is 5.76. The first-order valence-corrected chi connectivity index (χ1v) is 18.4. The Hall–Kier alpha value is -1.38. The summed E-state index contributed by atoms with van der Waals surface area (Å²) in [4.78, 5) is 26.5. The molecule has 6 saturated carbocycles. The molecule has 11 unspecified atom stereocenters. The first kappa shape index (κ1) is 30.9. The number of carbonyl (C=O) groups is 2. The molecule has 0 aromatic rings. The van der Waals surface area contributed by atoms with Crippen LogP contribution in [-0.2, 0) is 28.5 Å². The van der Waals surface area contributed by atoms with E-state index in [-0.39, 0.29) is 35.9 Å². The van der Waals surface area contributed by atoms with Crippen LogP contribution in [0.1, 0.15) is 105 Å². The molecule has 0 N–H and O–H groups in total. The van der Waals surface area contributed by atoms with Gasteiger partial charge in [0.25, 0.3) is 0 Å². The molecule has 1 amide bonds. The third-order valence-electron chi connectivity index (χ3n) is 15.3. The highest BCUT2D eigenvalue weighted by Crippen LogP contribution is 2.87. The summed E-state index contributed by atoms with van der Waals surface area (Å²) in [7, 11) is 1.36. The van der Waals surface area contributed by atoms with Gasteiger partial charge in [-0.2, -0.15) is 0 Å². The first-order chi connectivity index (χ1) is 21.5. The normalized spacial score (nSPS) is 49.4. The number of carbonyl (C=O) groups excluding carboxylic acids is 2. The van der Waals surface area contributed by atoms with Gasteiger partial charge in [-0.05, 0) is 128 Å². The molecule has 0 radical (unpaired) electrons. The van der Waals surface area contributed by atoms with Gasteiger partial charge in [-0.3, -0.25) is 4.79 Å². The summed E-state index contributed by atoms with van der Waals surface area (Å²) in [6, 6.07) is 0. The van der Waals surface area contributed by atoms with E-state index >= 15 is 0 Å². The molecule has 0 aromatic heterocycles. The highest BCUT2D eigenvalue weighted by atomic mass is 16.7. The lowest BCUT2D eigenvalue weighted by atomic mass is 9.46. The average molecular weight is 628 g/mol. The number of fused-ring (bicyclic) bond motifs is 4. The average Bonchev–Trinajstić information content (AvgIpc) is 3.92. The van der Waals surface area contributed by atoms with Crippen LogP contribution in [0.2, 0.25) is 0 Å². The van der Waals surface area contributed by atoms with Crippen LogP contribution in [0.3, 0.4) is 0 Å². The van der Waals surface area contributed by atoms with Gasteiger partial charge in [-0.1, -0.05) is 27.7 Å². The largest absolute Gasteiger partial charge is 0.508 e. The fourth-order valence-electron chi connectivity index (χ4n) is 13.3. The summed E-state index contributed by atoms with van der Waals surface area (Å²) >= 11 is 0. The predicted octanol–water partition coefficient (Wildman–Crippen LogP) is 6.59. The molecule has 8 rings (SSSR count). The van der Waals surface area contributed by atoms with E-state index in [0.29, 0.717) is 72.6 Å². The number of methoxy groups -OCH3 is 1. The van der Waals surface area contributed by atoms with E-state index in [1.54, 1.807) is 0 Å². The molecule has 2 aliphatic heterocycles. The van der Waals surface area contributed by atoms with E-state index in [2.05, 4.69) is 27.7 Å². The van der Waals surface area contributed by atoms with Crippen LogP contribution in [0.15, 0.2) is 0 Å². The molecule has 8 aliphatic rings. The standard InChI is InChI=1S/C37H57NO7/c1-22-16-24(20-43-33(40)41-5)44-27-18-26-25-8-9-28-34(2,3)29(45-31-19-38(14-15-42-31)30(39)17-23-6-7-23)10-11-37(28)21-36(25,37)13-12-35(26,4)32(22)27/h22-29,31-32H,6-21H2,1-5H3/t22-,24?,25?,26?,27?,28?,29?,31?,32?,35?,36?,37?/m1/s1. The Morgan fingerprint density at radius 2 is 1.78 bits per heavy atom. The molecule has 12 atom stereocenters. The zero-order valence-electron chi connectivity index (χ0n) is 28.4. The van der Waals surface area contributed by atoms with Crippen molar-refractivity contribution in [3.63, 3.8) is 0 Å². The summed E-state index contributed by atoms with van der Waals surface area (Å²) in [6.07, 6.45) is 13.8. The second-order valence-electron chi connectivity index (χ2n) is 17.6. The van der Waals surface area contributed by atoms with Crippen LogP contribution < -0.4 is 0 Å². The van der Waals surface area contributed by atoms with Gasteiger partial charge >= 0.3 is 6.16 Å². The second-order valence-corrected chi connectivity index (χ2v) is 17.6. The van der Waals surface area contributed by atoms with Gasteiger partial charge in [0.15, 0.2) is 6.29 Å². The lowest BCUT2D eigenvalue weighted by molar-refractivity contribution is -0.244. The van der Waals surface area contributed by atoms with Crippen molar-refractivity contribution in [2.45, 2.75) is 129 Å². The lowest BCUT2D eigenvalue weighted by Crippen LogP contribution is -2.56. The Morgan fingerprint density at radius 1 is 0.956 bits per heavy atom. The van der Waals surface area contributed by atoms with Crippen LogP contribution >= 0.6 is 0 Å². The summed E-state index contributed by atoms with van der Waals surface area (Å²) in [5, 5.41) is 0. The van der Waals surface area contributed by atoms with Crippen LogP contribution in [0.4, 0.5) is 4.79 Å². The van der Waals surface area contributed by atoms with Crippen molar-refractivity contribution >= 4 is 12.1 Å². The minimum absolute atomic E-state index is 0.0336. The third kappa shape index (κ3) is 4.75. The van der Waals surface area contributed by atoms with Crippen molar-refractivity contribution in [3.8, 4) is 0 Å². The van der Waals surface area contributed by atoms with Crippen molar-refractivity contribution in [1.29, 1.82) is 0 Å². The van der Waals surface area contributed by atoms with Gasteiger partial charge in [-0.15, -0.1) is 0 Å². The fourth-order valence-corrected chi connectivity index (χ4v) is 13.3. The van der Waals surface area contributed by atoms with Gasteiger partial charge in [0.05, 0.1) is 38.6 Å². The van der Waals surface area contributed by atoms with Crippen molar-refractivity contribution in [1.82, 2.24) is 4.90 Å². The maximum atomic E-state index is 12.9. The fraction of sp³-hybridized carbons (Fsp3) is 0.946. The quantitative estimate of drug-likeness (QED) is 0.307. The molecule has 2 spiro atoms. The van der Waals surface area contributed by atoms with E-state index in [0.717, 1.165) is 31.1 Å². The topological polar surface area (TPSA) is 83.5 Å². The molecule has 2 heterocycles. The molecular formula is C37H57NO7. The first-order valence-electron chi connectivity index (χ1n) is 18.4. The number of morpholine rings is 1. The SMILES string of the molecule is COC(=O)OCC1C[C@@H](C)C2C(CC3C4CCC5C(C)(C)C(OC6CN(C(=O)CC7CC7)CCO6)CCC56CC46CCC32C)O1. The second kappa shape index (κ2) is 10.8. The van der Waals surface area contributed by atoms with Crippen LogP contribution in [0.5, 0.6) is 0 Å².